The maximum absolute atomic E-state index is 12.6. The van der Waals surface area contributed by atoms with Crippen LogP contribution in [0.4, 0.5) is 24.5 Å². The van der Waals surface area contributed by atoms with Gasteiger partial charge in [0.15, 0.2) is 0 Å². The topological polar surface area (TPSA) is 120 Å². The molecule has 0 heterocycles. The summed E-state index contributed by atoms with van der Waals surface area (Å²) in [6.07, 6.45) is -4.45. The Hall–Kier alpha value is -2.62. The van der Waals surface area contributed by atoms with Crippen molar-refractivity contribution in [2.24, 2.45) is 0 Å². The number of carbonyl (C=O) groups excluding carboxylic acids is 1. The van der Waals surface area contributed by atoms with E-state index in [1.54, 1.807) is 6.07 Å². The first-order valence-corrected chi connectivity index (χ1v) is 7.48. The van der Waals surface area contributed by atoms with E-state index in [0.717, 1.165) is 12.1 Å². The Labute approximate surface area is 147 Å². The van der Waals surface area contributed by atoms with Gasteiger partial charge in [0.25, 0.3) is 0 Å². The van der Waals surface area contributed by atoms with Crippen LogP contribution in [0.5, 0.6) is 0 Å². The molecule has 0 aliphatic heterocycles. The van der Waals surface area contributed by atoms with E-state index in [-0.39, 0.29) is 36.2 Å². The van der Waals surface area contributed by atoms with E-state index in [0.29, 0.717) is 0 Å². The molecule has 0 atom stereocenters. The van der Waals surface area contributed by atoms with Crippen LogP contribution in [-0.2, 0) is 6.18 Å². The van der Waals surface area contributed by atoms with Crippen molar-refractivity contribution in [1.82, 2.24) is 0 Å². The number of rotatable bonds is 5. The molecule has 0 aliphatic carbocycles. The summed E-state index contributed by atoms with van der Waals surface area (Å²) in [7, 11) is 0. The molecule has 6 N–H and O–H groups in total. The van der Waals surface area contributed by atoms with Gasteiger partial charge in [-0.3, -0.25) is 0 Å². The van der Waals surface area contributed by atoms with Crippen LogP contribution in [0.25, 0.3) is 0 Å². The molecule has 0 saturated heterocycles. The number of carboxylic acids is 1. The zero-order valence-corrected chi connectivity index (χ0v) is 13.7. The van der Waals surface area contributed by atoms with Gasteiger partial charge < -0.3 is 31.2 Å². The normalized spacial score (nSPS) is 10.9. The third kappa shape index (κ3) is 6.71. The van der Waals surface area contributed by atoms with E-state index in [1.165, 1.54) is 30.3 Å². The van der Waals surface area contributed by atoms with Crippen molar-refractivity contribution in [1.29, 1.82) is 0 Å². The fourth-order valence-corrected chi connectivity index (χ4v) is 1.76. The number of halogens is 3. The molecule has 0 aliphatic rings. The van der Waals surface area contributed by atoms with Gasteiger partial charge in [0.05, 0.1) is 24.7 Å². The minimum absolute atomic E-state index is 0.0312. The van der Waals surface area contributed by atoms with Crippen LogP contribution >= 0.6 is 0 Å². The summed E-state index contributed by atoms with van der Waals surface area (Å²) in [5, 5.41) is 29.8. The van der Waals surface area contributed by atoms with Crippen LogP contribution in [0.2, 0.25) is 0 Å². The second kappa shape index (κ2) is 9.76. The fourth-order valence-electron chi connectivity index (χ4n) is 1.76. The van der Waals surface area contributed by atoms with Gasteiger partial charge in [-0.05, 0) is 24.3 Å². The van der Waals surface area contributed by atoms with Crippen LogP contribution in [0, 0.1) is 0 Å². The third-order valence-corrected chi connectivity index (χ3v) is 3.13. The summed E-state index contributed by atoms with van der Waals surface area (Å²) in [4.78, 5) is 10.9. The molecule has 6 nitrogen and oxygen atoms in total. The van der Waals surface area contributed by atoms with Crippen LogP contribution < -0.4 is 16.2 Å². The van der Waals surface area contributed by atoms with Crippen LogP contribution in [0.15, 0.2) is 48.5 Å². The number of alkyl halides is 3. The van der Waals surface area contributed by atoms with Gasteiger partial charge in [-0.25, -0.2) is 0 Å². The minimum atomic E-state index is -4.45. The second-order valence-electron chi connectivity index (χ2n) is 5.27. The molecule has 2 aromatic rings. The maximum atomic E-state index is 12.6. The van der Waals surface area contributed by atoms with Gasteiger partial charge in [0.2, 0.25) is 0 Å². The first kappa shape index (κ1) is 21.4. The van der Waals surface area contributed by atoms with E-state index >= 15 is 0 Å². The molecule has 9 heteroatoms. The molecule has 2 aromatic carbocycles. The smallest absolute Gasteiger partial charge is 0.416 e. The average molecular weight is 372 g/mol. The number of aliphatic hydroxyl groups excluding tert-OH is 2. The summed E-state index contributed by atoms with van der Waals surface area (Å²) in [5.41, 5.74) is 2.76. The molecule has 0 amide bonds. The maximum Gasteiger partial charge on any atom is 0.416 e. The number of aliphatic hydroxyl groups is 2. The van der Waals surface area contributed by atoms with Crippen LogP contribution in [0.3, 0.4) is 0 Å². The fraction of sp³-hybridized carbons (Fsp3) is 0.235. The molecule has 0 bridgehead atoms. The highest BCUT2D eigenvalue weighted by atomic mass is 19.4. The first-order chi connectivity index (χ1) is 12.2. The Bertz CT molecular complexity index is 719. The second-order valence-corrected chi connectivity index (χ2v) is 5.27. The highest BCUT2D eigenvalue weighted by molar-refractivity contribution is 5.93. The Kier molecular flexibility index (Phi) is 8.04. The molecule has 26 heavy (non-hydrogen) atoms. The predicted molar refractivity (Wildman–Crippen MR) is 86.3 cm³/mol. The molecule has 0 radical (unpaired) electrons. The summed E-state index contributed by atoms with van der Waals surface area (Å²) in [6.45, 7) is -0.0625. The minimum Gasteiger partial charge on any atom is -0.545 e. The lowest BCUT2D eigenvalue weighted by molar-refractivity contribution is -0.430. The lowest BCUT2D eigenvalue weighted by atomic mass is 10.1. The van der Waals surface area contributed by atoms with Gasteiger partial charge in [-0.2, -0.15) is 13.2 Å². The number of para-hydroxylation sites is 1. The van der Waals surface area contributed by atoms with Crippen LogP contribution in [-0.4, -0.2) is 35.4 Å². The van der Waals surface area contributed by atoms with Crippen molar-refractivity contribution < 1.29 is 39.0 Å². The number of hydrogen-bond acceptors (Lipinski definition) is 5. The zero-order chi connectivity index (χ0) is 19.7. The van der Waals surface area contributed by atoms with Crippen molar-refractivity contribution >= 4 is 17.3 Å². The van der Waals surface area contributed by atoms with Gasteiger partial charge in [-0.1, -0.05) is 24.3 Å². The Morgan fingerprint density at radius 1 is 1.12 bits per heavy atom. The Morgan fingerprint density at radius 2 is 1.73 bits per heavy atom. The van der Waals surface area contributed by atoms with E-state index in [4.69, 9.17) is 10.2 Å². The van der Waals surface area contributed by atoms with E-state index in [2.05, 4.69) is 11.1 Å². The van der Waals surface area contributed by atoms with E-state index < -0.39 is 17.7 Å². The predicted octanol–water partition coefficient (Wildman–Crippen LogP) is 0.394. The number of nitrogens with one attached hydrogen (secondary N) is 1. The highest BCUT2D eigenvalue weighted by Gasteiger charge is 2.30. The molecule has 2 rings (SSSR count). The number of hydrogen-bond donors (Lipinski definition) is 4. The van der Waals surface area contributed by atoms with Crippen molar-refractivity contribution in [2.45, 2.75) is 12.2 Å². The standard InChI is InChI=1S/C14H10F3NO2.C3H9NO2/c15-14(16,17)9-4-3-5-10(8-9)18-12-7-2-1-6-11(12)13(19)20;4-3(1-5)2-6/h1-8,18H,(H,19,20);3,5-6H,1-2,4H2. The number of carbonyl (C=O) groups is 1. The highest BCUT2D eigenvalue weighted by Crippen LogP contribution is 2.31. The molecule has 0 aromatic heterocycles. The molecule has 0 unspecified atom stereocenters. The zero-order valence-electron chi connectivity index (χ0n) is 13.7. The Balaban J connectivity index is 0.000000487. The molecule has 0 fully saturated rings. The number of quaternary nitrogens is 1. The first-order valence-electron chi connectivity index (χ1n) is 7.48. The average Bonchev–Trinajstić information content (AvgIpc) is 2.61. The van der Waals surface area contributed by atoms with E-state index in [1.807, 2.05) is 0 Å². The number of anilines is 2. The summed E-state index contributed by atoms with van der Waals surface area (Å²) >= 11 is 0. The van der Waals surface area contributed by atoms with Gasteiger partial charge in [0, 0.05) is 16.9 Å². The van der Waals surface area contributed by atoms with Crippen LogP contribution in [0.1, 0.15) is 15.9 Å². The summed E-state index contributed by atoms with van der Waals surface area (Å²) in [5.74, 6) is -1.40. The van der Waals surface area contributed by atoms with Crippen molar-refractivity contribution in [3.05, 3.63) is 59.7 Å². The summed E-state index contributed by atoms with van der Waals surface area (Å²) in [6, 6.07) is 10.1. The van der Waals surface area contributed by atoms with E-state index in [9.17, 15) is 23.1 Å². The SMILES string of the molecule is O=C([O-])c1ccccc1Nc1cccc(C(F)(F)F)c1.[NH3+]C(CO)CO. The van der Waals surface area contributed by atoms with Gasteiger partial charge in [0.1, 0.15) is 6.04 Å². The molecular formula is C17H19F3N2O4. The lowest BCUT2D eigenvalue weighted by Crippen LogP contribution is -2.64. The van der Waals surface area contributed by atoms with Gasteiger partial charge >= 0.3 is 6.18 Å². The molecule has 142 valence electrons. The van der Waals surface area contributed by atoms with Crippen molar-refractivity contribution in [3.8, 4) is 0 Å². The molecule has 0 spiro atoms. The Morgan fingerprint density at radius 3 is 2.23 bits per heavy atom. The number of benzene rings is 2. The molecular weight excluding hydrogens is 353 g/mol. The third-order valence-electron chi connectivity index (χ3n) is 3.13. The molecule has 0 saturated carbocycles. The number of aromatic carboxylic acids is 1. The number of carboxylic acid groups (broad SMARTS) is 1. The summed E-state index contributed by atoms with van der Waals surface area (Å²) < 4.78 is 37.7. The largest absolute Gasteiger partial charge is 0.545 e. The quantitative estimate of drug-likeness (QED) is 0.605. The monoisotopic (exact) mass is 372 g/mol. The van der Waals surface area contributed by atoms with Gasteiger partial charge in [-0.15, -0.1) is 0 Å². The van der Waals surface area contributed by atoms with Crippen molar-refractivity contribution in [3.63, 3.8) is 0 Å². The van der Waals surface area contributed by atoms with Crippen molar-refractivity contribution in [2.75, 3.05) is 18.5 Å². The lowest BCUT2D eigenvalue weighted by Gasteiger charge is -2.14.